The van der Waals surface area contributed by atoms with Crippen molar-refractivity contribution in [3.05, 3.63) is 81.8 Å². The van der Waals surface area contributed by atoms with Crippen molar-refractivity contribution in [3.63, 3.8) is 0 Å². The lowest BCUT2D eigenvalue weighted by atomic mass is 10.2. The number of aromatic nitrogens is 1. The summed E-state index contributed by atoms with van der Waals surface area (Å²) >= 11 is 1.36. The van der Waals surface area contributed by atoms with E-state index in [-0.39, 0.29) is 5.91 Å². The van der Waals surface area contributed by atoms with Crippen LogP contribution in [0.15, 0.2) is 60.1 Å². The van der Waals surface area contributed by atoms with E-state index in [9.17, 15) is 4.79 Å². The van der Waals surface area contributed by atoms with Crippen LogP contribution in [0.4, 0.5) is 0 Å². The molecule has 1 aromatic heterocycles. The molecule has 4 nitrogen and oxygen atoms in total. The van der Waals surface area contributed by atoms with Gasteiger partial charge in [-0.2, -0.15) is 0 Å². The van der Waals surface area contributed by atoms with E-state index in [0.29, 0.717) is 18.0 Å². The van der Waals surface area contributed by atoms with Crippen molar-refractivity contribution in [1.82, 2.24) is 10.3 Å². The predicted molar refractivity (Wildman–Crippen MR) is 95.2 cm³/mol. The van der Waals surface area contributed by atoms with Crippen molar-refractivity contribution in [2.45, 2.75) is 20.1 Å². The maximum Gasteiger partial charge on any atom is 0.263 e. The zero-order chi connectivity index (χ0) is 16.8. The van der Waals surface area contributed by atoms with Crippen LogP contribution in [0.1, 0.15) is 26.5 Å². The number of hydrogen-bond acceptors (Lipinski definition) is 4. The summed E-state index contributed by atoms with van der Waals surface area (Å²) in [5.74, 6) is 0.728. The third-order valence-corrected chi connectivity index (χ3v) is 4.50. The molecule has 24 heavy (non-hydrogen) atoms. The lowest BCUT2D eigenvalue weighted by Crippen LogP contribution is -2.22. The summed E-state index contributed by atoms with van der Waals surface area (Å²) in [5, 5.41) is 2.91. The number of ether oxygens (including phenoxy) is 1. The highest BCUT2D eigenvalue weighted by Crippen LogP contribution is 2.15. The molecule has 0 saturated carbocycles. The molecule has 0 spiro atoms. The number of rotatable bonds is 6. The van der Waals surface area contributed by atoms with Gasteiger partial charge in [0.15, 0.2) is 0 Å². The number of aryl methyl sites for hydroxylation is 1. The molecule has 0 bridgehead atoms. The third-order valence-electron chi connectivity index (χ3n) is 3.58. The molecule has 1 N–H and O–H groups in total. The van der Waals surface area contributed by atoms with Gasteiger partial charge in [-0.1, -0.05) is 42.5 Å². The van der Waals surface area contributed by atoms with Gasteiger partial charge in [-0.3, -0.25) is 4.79 Å². The van der Waals surface area contributed by atoms with Gasteiger partial charge in [-0.15, -0.1) is 11.3 Å². The van der Waals surface area contributed by atoms with Gasteiger partial charge in [0.1, 0.15) is 17.2 Å². The molecule has 0 unspecified atom stereocenters. The molecule has 0 aliphatic rings. The van der Waals surface area contributed by atoms with E-state index in [1.165, 1.54) is 11.3 Å². The van der Waals surface area contributed by atoms with Gasteiger partial charge in [0.25, 0.3) is 5.91 Å². The fraction of sp³-hybridized carbons (Fsp3) is 0.158. The summed E-state index contributed by atoms with van der Waals surface area (Å²) in [7, 11) is 0. The van der Waals surface area contributed by atoms with Gasteiger partial charge in [-0.05, 0) is 30.2 Å². The molecule has 1 amide bonds. The first-order valence-corrected chi connectivity index (χ1v) is 8.54. The Kier molecular flexibility index (Phi) is 5.23. The molecule has 1 heterocycles. The summed E-state index contributed by atoms with van der Waals surface area (Å²) < 4.78 is 5.75. The van der Waals surface area contributed by atoms with E-state index in [1.807, 2.05) is 61.5 Å². The van der Waals surface area contributed by atoms with E-state index in [2.05, 4.69) is 10.3 Å². The molecule has 3 rings (SSSR count). The highest BCUT2D eigenvalue weighted by molar-refractivity contribution is 7.11. The van der Waals surface area contributed by atoms with Gasteiger partial charge < -0.3 is 10.1 Å². The normalized spacial score (nSPS) is 10.4. The minimum Gasteiger partial charge on any atom is -0.489 e. The van der Waals surface area contributed by atoms with Crippen LogP contribution in [0, 0.1) is 6.92 Å². The number of amides is 1. The Bertz CT molecular complexity index is 798. The number of nitrogens with one attached hydrogen (secondary N) is 1. The van der Waals surface area contributed by atoms with Crippen LogP contribution < -0.4 is 10.1 Å². The van der Waals surface area contributed by atoms with Crippen molar-refractivity contribution in [1.29, 1.82) is 0 Å². The predicted octanol–water partition coefficient (Wildman–Crippen LogP) is 3.96. The van der Waals surface area contributed by atoms with Crippen molar-refractivity contribution >= 4 is 17.2 Å². The lowest BCUT2D eigenvalue weighted by Gasteiger charge is -2.08. The molecular weight excluding hydrogens is 320 g/mol. The van der Waals surface area contributed by atoms with Gasteiger partial charge in [-0.25, -0.2) is 4.98 Å². The number of nitrogens with zero attached hydrogens (tertiary/aromatic N) is 1. The lowest BCUT2D eigenvalue weighted by molar-refractivity contribution is 0.0954. The van der Waals surface area contributed by atoms with E-state index in [0.717, 1.165) is 22.6 Å². The van der Waals surface area contributed by atoms with Crippen LogP contribution in [0.25, 0.3) is 0 Å². The molecule has 0 aliphatic carbocycles. The number of benzene rings is 2. The highest BCUT2D eigenvalue weighted by atomic mass is 32.1. The molecule has 0 atom stereocenters. The monoisotopic (exact) mass is 338 g/mol. The average molecular weight is 338 g/mol. The second kappa shape index (κ2) is 7.75. The van der Waals surface area contributed by atoms with E-state index >= 15 is 0 Å². The fourth-order valence-corrected chi connectivity index (χ4v) is 2.95. The molecule has 0 saturated heterocycles. The minimum absolute atomic E-state index is 0.0839. The molecule has 2 aromatic carbocycles. The minimum atomic E-state index is -0.0839. The number of hydrogen-bond donors (Lipinski definition) is 1. The average Bonchev–Trinajstić information content (AvgIpc) is 3.06. The van der Waals surface area contributed by atoms with Crippen molar-refractivity contribution in [2.75, 3.05) is 0 Å². The number of thiazole rings is 1. The number of carbonyl (C=O) groups is 1. The Hall–Kier alpha value is -2.66. The Morgan fingerprint density at radius 2 is 1.83 bits per heavy atom. The largest absolute Gasteiger partial charge is 0.489 e. The van der Waals surface area contributed by atoms with Gasteiger partial charge >= 0.3 is 0 Å². The van der Waals surface area contributed by atoms with Crippen LogP contribution in [0.2, 0.25) is 0 Å². The Morgan fingerprint density at radius 3 is 2.50 bits per heavy atom. The molecule has 0 fully saturated rings. The summed E-state index contributed by atoms with van der Waals surface area (Å²) in [6.07, 6.45) is 0. The highest BCUT2D eigenvalue weighted by Gasteiger charge is 2.10. The Balaban J connectivity index is 1.51. The van der Waals surface area contributed by atoms with Gasteiger partial charge in [0.2, 0.25) is 0 Å². The molecule has 3 aromatic rings. The summed E-state index contributed by atoms with van der Waals surface area (Å²) in [6, 6.07) is 17.8. The van der Waals surface area contributed by atoms with Gasteiger partial charge in [0, 0.05) is 6.54 Å². The molecule has 0 radical (unpaired) electrons. The maximum absolute atomic E-state index is 12.1. The third kappa shape index (κ3) is 4.20. The molecule has 122 valence electrons. The Labute approximate surface area is 145 Å². The standard InChI is InChI=1S/C19H18N2O2S/c1-14-18(24-13-21-14)19(22)20-11-15-7-9-17(10-8-15)23-12-16-5-3-2-4-6-16/h2-10,13H,11-12H2,1H3,(H,20,22). The first-order valence-electron chi connectivity index (χ1n) is 7.66. The SMILES string of the molecule is Cc1ncsc1C(=O)NCc1ccc(OCc2ccccc2)cc1. The van der Waals surface area contributed by atoms with Crippen molar-refractivity contribution < 1.29 is 9.53 Å². The smallest absolute Gasteiger partial charge is 0.263 e. The second-order valence-corrected chi connectivity index (χ2v) is 6.22. The van der Waals surface area contributed by atoms with Crippen molar-refractivity contribution in [2.24, 2.45) is 0 Å². The fourth-order valence-electron chi connectivity index (χ4n) is 2.23. The zero-order valence-corrected chi connectivity index (χ0v) is 14.2. The summed E-state index contributed by atoms with van der Waals surface area (Å²) in [5.41, 5.74) is 4.61. The van der Waals surface area contributed by atoms with Crippen molar-refractivity contribution in [3.8, 4) is 5.75 Å². The number of carbonyl (C=O) groups excluding carboxylic acids is 1. The topological polar surface area (TPSA) is 51.2 Å². The first-order chi connectivity index (χ1) is 11.7. The van der Waals surface area contributed by atoms with Crippen LogP contribution >= 0.6 is 11.3 Å². The maximum atomic E-state index is 12.1. The first kappa shape index (κ1) is 16.2. The molecule has 5 heteroatoms. The van der Waals surface area contributed by atoms with Gasteiger partial charge in [0.05, 0.1) is 11.2 Å². The summed E-state index contributed by atoms with van der Waals surface area (Å²) in [6.45, 7) is 2.86. The van der Waals surface area contributed by atoms with Crippen LogP contribution in [-0.4, -0.2) is 10.9 Å². The quantitative estimate of drug-likeness (QED) is 0.740. The van der Waals surface area contributed by atoms with E-state index in [1.54, 1.807) is 5.51 Å². The molecular formula is C19H18N2O2S. The second-order valence-electron chi connectivity index (χ2n) is 5.37. The zero-order valence-electron chi connectivity index (χ0n) is 13.4. The van der Waals surface area contributed by atoms with Crippen LogP contribution in [-0.2, 0) is 13.2 Å². The van der Waals surface area contributed by atoms with Crippen LogP contribution in [0.5, 0.6) is 5.75 Å². The molecule has 0 aliphatic heterocycles. The summed E-state index contributed by atoms with van der Waals surface area (Å²) in [4.78, 5) is 16.8. The van der Waals surface area contributed by atoms with E-state index < -0.39 is 0 Å². The van der Waals surface area contributed by atoms with E-state index in [4.69, 9.17) is 4.74 Å². The Morgan fingerprint density at radius 1 is 1.08 bits per heavy atom. The van der Waals surface area contributed by atoms with Crippen LogP contribution in [0.3, 0.4) is 0 Å².